The van der Waals surface area contributed by atoms with Crippen LogP contribution in [0.3, 0.4) is 0 Å². The second kappa shape index (κ2) is 10.0. The Morgan fingerprint density at radius 2 is 2.03 bits per heavy atom. The minimum atomic E-state index is -0.523. The van der Waals surface area contributed by atoms with Crippen LogP contribution in [0.4, 0.5) is 4.39 Å². The van der Waals surface area contributed by atoms with Crippen molar-refractivity contribution in [2.75, 3.05) is 13.1 Å². The number of hydrogen-bond acceptors (Lipinski definition) is 4. The molecule has 1 saturated heterocycles. The molecule has 0 radical (unpaired) electrons. The van der Waals surface area contributed by atoms with E-state index in [1.807, 2.05) is 13.8 Å². The van der Waals surface area contributed by atoms with Crippen molar-refractivity contribution >= 4 is 17.9 Å². The molecule has 6 nitrogen and oxygen atoms in total. The Hall–Kier alpha value is -3.22. The van der Waals surface area contributed by atoms with Gasteiger partial charge in [0, 0.05) is 37.3 Å². The molecule has 2 amide bonds. The number of pyridine rings is 1. The molecule has 1 fully saturated rings. The van der Waals surface area contributed by atoms with Gasteiger partial charge in [0.15, 0.2) is 11.6 Å². The van der Waals surface area contributed by atoms with Crippen LogP contribution < -0.4 is 10.1 Å². The van der Waals surface area contributed by atoms with E-state index in [-0.39, 0.29) is 29.5 Å². The number of carbonyl (C=O) groups is 2. The standard InChI is InChI=1S/C23H26FN3O3/c1-16(2)26-23(29)18-9-12-27(13-10-18)22(28)8-6-17-5-7-21(20(24)14-17)30-19-4-3-11-25-15-19/h3-8,11,14-16,18H,9-10,12-13H2,1-2H3,(H,26,29)/b8-6+. The van der Waals surface area contributed by atoms with E-state index < -0.39 is 5.82 Å². The van der Waals surface area contributed by atoms with E-state index in [4.69, 9.17) is 4.74 Å². The monoisotopic (exact) mass is 411 g/mol. The van der Waals surface area contributed by atoms with Crippen molar-refractivity contribution in [3.63, 3.8) is 0 Å². The zero-order chi connectivity index (χ0) is 21.5. The zero-order valence-electron chi connectivity index (χ0n) is 17.2. The number of amides is 2. The fourth-order valence-electron chi connectivity index (χ4n) is 3.28. The molecule has 0 unspecified atom stereocenters. The fourth-order valence-corrected chi connectivity index (χ4v) is 3.28. The van der Waals surface area contributed by atoms with Gasteiger partial charge < -0.3 is 15.0 Å². The van der Waals surface area contributed by atoms with Crippen LogP contribution in [0.2, 0.25) is 0 Å². The van der Waals surface area contributed by atoms with Crippen molar-refractivity contribution in [2.24, 2.45) is 5.92 Å². The summed E-state index contributed by atoms with van der Waals surface area (Å²) in [6.07, 6.45) is 7.42. The van der Waals surface area contributed by atoms with Crippen molar-refractivity contribution < 1.29 is 18.7 Å². The largest absolute Gasteiger partial charge is 0.453 e. The van der Waals surface area contributed by atoms with Crippen LogP contribution >= 0.6 is 0 Å². The maximum atomic E-state index is 14.3. The summed E-state index contributed by atoms with van der Waals surface area (Å²) in [5.74, 6) is -0.133. The predicted molar refractivity (Wildman–Crippen MR) is 112 cm³/mol. The molecule has 30 heavy (non-hydrogen) atoms. The van der Waals surface area contributed by atoms with E-state index in [2.05, 4.69) is 10.3 Å². The van der Waals surface area contributed by atoms with E-state index >= 15 is 0 Å². The topological polar surface area (TPSA) is 71.5 Å². The Morgan fingerprint density at radius 3 is 2.67 bits per heavy atom. The highest BCUT2D eigenvalue weighted by atomic mass is 19.1. The molecule has 2 aromatic rings. The molecule has 0 bridgehead atoms. The summed E-state index contributed by atoms with van der Waals surface area (Å²) in [6.45, 7) is 4.93. The smallest absolute Gasteiger partial charge is 0.246 e. The third kappa shape index (κ3) is 5.89. The van der Waals surface area contributed by atoms with Crippen LogP contribution in [0.25, 0.3) is 6.08 Å². The number of rotatable bonds is 6. The lowest BCUT2D eigenvalue weighted by molar-refractivity contribution is -0.132. The second-order valence-corrected chi connectivity index (χ2v) is 7.58. The van der Waals surface area contributed by atoms with Crippen LogP contribution in [0.15, 0.2) is 48.8 Å². The Morgan fingerprint density at radius 1 is 1.27 bits per heavy atom. The molecule has 2 heterocycles. The maximum Gasteiger partial charge on any atom is 0.246 e. The number of carbonyl (C=O) groups excluding carboxylic acids is 2. The molecule has 1 N–H and O–H groups in total. The van der Waals surface area contributed by atoms with E-state index in [0.717, 1.165) is 0 Å². The predicted octanol–water partition coefficient (Wildman–Crippen LogP) is 3.79. The average molecular weight is 411 g/mol. The molecule has 3 rings (SSSR count). The molecule has 7 heteroatoms. The number of hydrogen-bond donors (Lipinski definition) is 1. The van der Waals surface area contributed by atoms with Gasteiger partial charge in [0.1, 0.15) is 5.75 Å². The summed E-state index contributed by atoms with van der Waals surface area (Å²) in [6, 6.07) is 8.02. The number of nitrogens with one attached hydrogen (secondary N) is 1. The van der Waals surface area contributed by atoms with E-state index in [9.17, 15) is 14.0 Å². The SMILES string of the molecule is CC(C)NC(=O)C1CCN(C(=O)/C=C/c2ccc(Oc3cccnc3)c(F)c2)CC1. The number of nitrogens with zero attached hydrogens (tertiary/aromatic N) is 2. The van der Waals surface area contributed by atoms with Crippen LogP contribution in [0.1, 0.15) is 32.3 Å². The van der Waals surface area contributed by atoms with Crippen LogP contribution in [0.5, 0.6) is 11.5 Å². The van der Waals surface area contributed by atoms with E-state index in [0.29, 0.717) is 37.2 Å². The highest BCUT2D eigenvalue weighted by molar-refractivity contribution is 5.92. The first-order valence-corrected chi connectivity index (χ1v) is 10.1. The molecule has 1 aromatic heterocycles. The zero-order valence-corrected chi connectivity index (χ0v) is 17.2. The summed E-state index contributed by atoms with van der Waals surface area (Å²) in [7, 11) is 0. The number of piperidine rings is 1. The Labute approximate surface area is 175 Å². The molecule has 1 aromatic carbocycles. The lowest BCUT2D eigenvalue weighted by Crippen LogP contribution is -2.43. The number of halogens is 1. The molecule has 0 aliphatic carbocycles. The molecular weight excluding hydrogens is 385 g/mol. The molecule has 0 atom stereocenters. The summed E-state index contributed by atoms with van der Waals surface area (Å²) in [5.41, 5.74) is 0.561. The number of ether oxygens (including phenoxy) is 1. The van der Waals surface area contributed by atoms with Crippen molar-refractivity contribution in [2.45, 2.75) is 32.7 Å². The third-order valence-corrected chi connectivity index (χ3v) is 4.84. The minimum Gasteiger partial charge on any atom is -0.453 e. The van der Waals surface area contributed by atoms with Gasteiger partial charge in [-0.1, -0.05) is 6.07 Å². The van der Waals surface area contributed by atoms with Gasteiger partial charge in [-0.05, 0) is 62.6 Å². The summed E-state index contributed by atoms with van der Waals surface area (Å²) in [5, 5.41) is 2.92. The first-order chi connectivity index (χ1) is 14.4. The van der Waals surface area contributed by atoms with Crippen molar-refractivity contribution in [3.05, 3.63) is 60.2 Å². The highest BCUT2D eigenvalue weighted by Crippen LogP contribution is 2.25. The molecule has 0 spiro atoms. The fraction of sp³-hybridized carbons (Fsp3) is 0.348. The van der Waals surface area contributed by atoms with Gasteiger partial charge in [-0.2, -0.15) is 0 Å². The Balaban J connectivity index is 1.54. The molecule has 0 saturated carbocycles. The lowest BCUT2D eigenvalue weighted by Gasteiger charge is -2.31. The van der Waals surface area contributed by atoms with Crippen molar-refractivity contribution in [1.29, 1.82) is 0 Å². The number of likely N-dealkylation sites (tertiary alicyclic amines) is 1. The number of aromatic nitrogens is 1. The highest BCUT2D eigenvalue weighted by Gasteiger charge is 2.26. The Kier molecular flexibility index (Phi) is 7.17. The second-order valence-electron chi connectivity index (χ2n) is 7.58. The molecule has 158 valence electrons. The average Bonchev–Trinajstić information content (AvgIpc) is 2.74. The van der Waals surface area contributed by atoms with Crippen LogP contribution in [0, 0.1) is 11.7 Å². The van der Waals surface area contributed by atoms with Crippen molar-refractivity contribution in [3.8, 4) is 11.5 Å². The first-order valence-electron chi connectivity index (χ1n) is 10.1. The van der Waals surface area contributed by atoms with Gasteiger partial charge in [0.25, 0.3) is 0 Å². The van der Waals surface area contributed by atoms with Gasteiger partial charge >= 0.3 is 0 Å². The summed E-state index contributed by atoms with van der Waals surface area (Å²) >= 11 is 0. The quantitative estimate of drug-likeness (QED) is 0.734. The Bertz CT molecular complexity index is 907. The van der Waals surface area contributed by atoms with Crippen molar-refractivity contribution in [1.82, 2.24) is 15.2 Å². The van der Waals surface area contributed by atoms with E-state index in [1.54, 1.807) is 35.4 Å². The van der Waals surface area contributed by atoms with Gasteiger partial charge in [-0.3, -0.25) is 14.6 Å². The van der Waals surface area contributed by atoms with Crippen LogP contribution in [-0.4, -0.2) is 40.8 Å². The van der Waals surface area contributed by atoms with Gasteiger partial charge in [-0.25, -0.2) is 4.39 Å². The number of benzene rings is 1. The van der Waals surface area contributed by atoms with Gasteiger partial charge in [-0.15, -0.1) is 0 Å². The lowest BCUT2D eigenvalue weighted by atomic mass is 9.95. The maximum absolute atomic E-state index is 14.3. The normalized spacial score (nSPS) is 14.9. The summed E-state index contributed by atoms with van der Waals surface area (Å²) < 4.78 is 19.8. The summed E-state index contributed by atoms with van der Waals surface area (Å²) in [4.78, 5) is 30.2. The molecular formula is C23H26FN3O3. The minimum absolute atomic E-state index is 0.0525. The third-order valence-electron chi connectivity index (χ3n) is 4.84. The van der Waals surface area contributed by atoms with Gasteiger partial charge in [0.2, 0.25) is 11.8 Å². The molecule has 1 aliphatic rings. The van der Waals surface area contributed by atoms with Crippen LogP contribution in [-0.2, 0) is 9.59 Å². The van der Waals surface area contributed by atoms with Gasteiger partial charge in [0.05, 0.1) is 6.20 Å². The van der Waals surface area contributed by atoms with E-state index in [1.165, 1.54) is 24.4 Å². The first kappa shape index (κ1) is 21.5. The molecule has 1 aliphatic heterocycles.